The van der Waals surface area contributed by atoms with Crippen LogP contribution in [-0.2, 0) is 10.0 Å². The molecule has 11 heteroatoms. The van der Waals surface area contributed by atoms with Gasteiger partial charge in [0.25, 0.3) is 10.0 Å². The van der Waals surface area contributed by atoms with E-state index in [0.717, 1.165) is 12.1 Å². The third kappa shape index (κ3) is 3.56. The number of sulfonamides is 1. The fraction of sp³-hybridized carbons (Fsp3) is 0. The van der Waals surface area contributed by atoms with Crippen molar-refractivity contribution in [3.8, 4) is 17.2 Å². The second-order valence-corrected chi connectivity index (χ2v) is 8.17. The number of nitrogens with zero attached hydrogens (tertiary/aromatic N) is 4. The van der Waals surface area contributed by atoms with Gasteiger partial charge in [0, 0.05) is 24.0 Å². The van der Waals surface area contributed by atoms with Gasteiger partial charge in [0.15, 0.2) is 5.15 Å². The van der Waals surface area contributed by atoms with Crippen molar-refractivity contribution in [2.45, 2.75) is 4.90 Å². The Bertz CT molecular complexity index is 1450. The first-order valence-corrected chi connectivity index (χ1v) is 10.2. The molecule has 1 N–H and O–H groups in total. The standard InChI is InChI=1S/C19H10ClF2N5O2S/c20-19-16(26-30(28,29)18-2-1-14(21)7-15(18)22)5-12(9-24-19)11-3-4-27-17(6-11)13(8-23)10-25-27/h1-7,9-10,26H. The fourth-order valence-electron chi connectivity index (χ4n) is 2.82. The van der Waals surface area contributed by atoms with E-state index in [0.29, 0.717) is 28.3 Å². The molecule has 0 unspecified atom stereocenters. The van der Waals surface area contributed by atoms with Crippen LogP contribution in [0.1, 0.15) is 5.56 Å². The summed E-state index contributed by atoms with van der Waals surface area (Å²) in [6, 6.07) is 8.96. The lowest BCUT2D eigenvalue weighted by atomic mass is 10.1. The molecular weight excluding hydrogens is 436 g/mol. The van der Waals surface area contributed by atoms with Crippen LogP contribution in [0.4, 0.5) is 14.5 Å². The molecule has 4 rings (SSSR count). The van der Waals surface area contributed by atoms with E-state index in [1.54, 1.807) is 18.3 Å². The molecule has 0 amide bonds. The number of hydrogen-bond acceptors (Lipinski definition) is 5. The van der Waals surface area contributed by atoms with Crippen LogP contribution in [0.5, 0.6) is 0 Å². The molecular formula is C19H10ClF2N5O2S. The normalized spacial score (nSPS) is 11.4. The molecule has 4 aromatic rings. The largest absolute Gasteiger partial charge is 0.276 e. The zero-order chi connectivity index (χ0) is 21.5. The van der Waals surface area contributed by atoms with Crippen molar-refractivity contribution >= 4 is 32.8 Å². The molecule has 3 heterocycles. The topological polar surface area (TPSA) is 100 Å². The van der Waals surface area contributed by atoms with Crippen LogP contribution in [0.3, 0.4) is 0 Å². The highest BCUT2D eigenvalue weighted by Gasteiger charge is 2.21. The Morgan fingerprint density at radius 2 is 1.90 bits per heavy atom. The Morgan fingerprint density at radius 1 is 1.10 bits per heavy atom. The van der Waals surface area contributed by atoms with Crippen LogP contribution in [0, 0.1) is 23.0 Å². The SMILES string of the molecule is N#Cc1cnn2ccc(-c3cnc(Cl)c(NS(=O)(=O)c4ccc(F)cc4F)c3)cc12. The molecule has 0 fully saturated rings. The van der Waals surface area contributed by atoms with Gasteiger partial charge in [0.05, 0.1) is 23.0 Å². The summed E-state index contributed by atoms with van der Waals surface area (Å²) in [5, 5.41) is 13.1. The summed E-state index contributed by atoms with van der Waals surface area (Å²) >= 11 is 6.02. The zero-order valence-corrected chi connectivity index (χ0v) is 16.4. The molecule has 1 aromatic carbocycles. The van der Waals surface area contributed by atoms with Crippen LogP contribution in [0.25, 0.3) is 16.6 Å². The molecule has 0 atom stereocenters. The molecule has 150 valence electrons. The van der Waals surface area contributed by atoms with Gasteiger partial charge in [-0.25, -0.2) is 26.7 Å². The number of nitrogens with one attached hydrogen (secondary N) is 1. The smallest absolute Gasteiger partial charge is 0.264 e. The number of anilines is 1. The van der Waals surface area contributed by atoms with Crippen LogP contribution >= 0.6 is 11.6 Å². The van der Waals surface area contributed by atoms with Crippen molar-refractivity contribution in [3.63, 3.8) is 0 Å². The summed E-state index contributed by atoms with van der Waals surface area (Å²) in [6.07, 6.45) is 4.49. The third-order valence-electron chi connectivity index (χ3n) is 4.24. The molecule has 0 saturated heterocycles. The van der Waals surface area contributed by atoms with Gasteiger partial charge in [-0.15, -0.1) is 0 Å². The molecule has 7 nitrogen and oxygen atoms in total. The predicted molar refractivity (Wildman–Crippen MR) is 105 cm³/mol. The maximum Gasteiger partial charge on any atom is 0.264 e. The Labute approximate surface area is 174 Å². The van der Waals surface area contributed by atoms with Gasteiger partial charge in [-0.3, -0.25) is 4.72 Å². The maximum absolute atomic E-state index is 13.9. The van der Waals surface area contributed by atoms with Crippen LogP contribution < -0.4 is 4.72 Å². The highest BCUT2D eigenvalue weighted by molar-refractivity contribution is 7.92. The minimum atomic E-state index is -4.39. The van der Waals surface area contributed by atoms with E-state index in [2.05, 4.69) is 14.8 Å². The molecule has 0 spiro atoms. The predicted octanol–water partition coefficient (Wildman–Crippen LogP) is 4.00. The molecule has 0 saturated carbocycles. The first-order valence-electron chi connectivity index (χ1n) is 8.30. The van der Waals surface area contributed by atoms with Gasteiger partial charge >= 0.3 is 0 Å². The Morgan fingerprint density at radius 3 is 2.63 bits per heavy atom. The van der Waals surface area contributed by atoms with Crippen molar-refractivity contribution in [1.82, 2.24) is 14.6 Å². The van der Waals surface area contributed by atoms with Crippen LogP contribution in [0.2, 0.25) is 5.15 Å². The van der Waals surface area contributed by atoms with E-state index in [9.17, 15) is 22.5 Å². The van der Waals surface area contributed by atoms with Crippen molar-refractivity contribution in [2.75, 3.05) is 4.72 Å². The number of fused-ring (bicyclic) bond motifs is 1. The van der Waals surface area contributed by atoms with Crippen molar-refractivity contribution in [3.05, 3.63) is 77.3 Å². The lowest BCUT2D eigenvalue weighted by molar-refractivity contribution is 0.551. The number of aromatic nitrogens is 3. The molecule has 0 bridgehead atoms. The summed E-state index contributed by atoms with van der Waals surface area (Å²) in [5.41, 5.74) is 1.94. The summed E-state index contributed by atoms with van der Waals surface area (Å²) < 4.78 is 55.8. The Balaban J connectivity index is 1.74. The number of halogens is 3. The lowest BCUT2D eigenvalue weighted by Crippen LogP contribution is -2.15. The van der Waals surface area contributed by atoms with E-state index in [-0.39, 0.29) is 10.8 Å². The molecule has 3 aromatic heterocycles. The molecule has 0 aliphatic carbocycles. The Hall–Kier alpha value is -3.55. The number of hydrogen-bond donors (Lipinski definition) is 1. The van der Waals surface area contributed by atoms with E-state index >= 15 is 0 Å². The minimum Gasteiger partial charge on any atom is -0.276 e. The maximum atomic E-state index is 13.9. The van der Waals surface area contributed by atoms with E-state index < -0.39 is 26.6 Å². The van der Waals surface area contributed by atoms with Gasteiger partial charge in [0.1, 0.15) is 22.6 Å². The second kappa shape index (κ2) is 7.37. The third-order valence-corrected chi connectivity index (χ3v) is 5.94. The highest BCUT2D eigenvalue weighted by Crippen LogP contribution is 2.30. The van der Waals surface area contributed by atoms with Gasteiger partial charge in [-0.2, -0.15) is 10.4 Å². The van der Waals surface area contributed by atoms with E-state index in [1.165, 1.54) is 23.0 Å². The summed E-state index contributed by atoms with van der Waals surface area (Å²) in [6.45, 7) is 0. The van der Waals surface area contributed by atoms with Gasteiger partial charge in [-0.1, -0.05) is 11.6 Å². The zero-order valence-electron chi connectivity index (χ0n) is 14.8. The summed E-state index contributed by atoms with van der Waals surface area (Å²) in [7, 11) is -4.39. The number of nitriles is 1. The van der Waals surface area contributed by atoms with E-state index in [4.69, 9.17) is 11.6 Å². The quantitative estimate of drug-likeness (QED) is 0.478. The Kier molecular flexibility index (Phi) is 4.85. The first-order chi connectivity index (χ1) is 14.3. The van der Waals surface area contributed by atoms with E-state index in [1.807, 2.05) is 6.07 Å². The fourth-order valence-corrected chi connectivity index (χ4v) is 4.14. The highest BCUT2D eigenvalue weighted by atomic mass is 35.5. The minimum absolute atomic E-state index is 0.0909. The number of pyridine rings is 2. The van der Waals surface area contributed by atoms with Gasteiger partial charge in [-0.05, 0) is 35.9 Å². The molecule has 0 aliphatic heterocycles. The monoisotopic (exact) mass is 445 g/mol. The average molecular weight is 446 g/mol. The average Bonchev–Trinajstić information content (AvgIpc) is 3.11. The van der Waals surface area contributed by atoms with Crippen LogP contribution in [-0.4, -0.2) is 23.0 Å². The number of benzene rings is 1. The molecule has 30 heavy (non-hydrogen) atoms. The van der Waals surface area contributed by atoms with Crippen LogP contribution in [0.15, 0.2) is 59.9 Å². The van der Waals surface area contributed by atoms with Crippen molar-refractivity contribution in [1.29, 1.82) is 5.26 Å². The van der Waals surface area contributed by atoms with Crippen molar-refractivity contribution in [2.24, 2.45) is 0 Å². The molecule has 0 aliphatic rings. The summed E-state index contributed by atoms with van der Waals surface area (Å²) in [4.78, 5) is 3.25. The first kappa shape index (κ1) is 19.8. The second-order valence-electron chi connectivity index (χ2n) is 6.16. The lowest BCUT2D eigenvalue weighted by Gasteiger charge is -2.12. The number of rotatable bonds is 4. The van der Waals surface area contributed by atoms with Gasteiger partial charge < -0.3 is 0 Å². The summed E-state index contributed by atoms with van der Waals surface area (Å²) in [5.74, 6) is -2.14. The molecule has 0 radical (unpaired) electrons. The van der Waals surface area contributed by atoms with Crippen molar-refractivity contribution < 1.29 is 17.2 Å². The van der Waals surface area contributed by atoms with Gasteiger partial charge in [0.2, 0.25) is 0 Å².